The van der Waals surface area contributed by atoms with E-state index in [4.69, 9.17) is 0 Å². The van der Waals surface area contributed by atoms with Crippen molar-refractivity contribution in [2.75, 3.05) is 25.6 Å². The van der Waals surface area contributed by atoms with Gasteiger partial charge in [0, 0.05) is 18.0 Å². The second kappa shape index (κ2) is 9.02. The molecule has 1 unspecified atom stereocenters. The molecule has 8 heteroatoms. The molecule has 0 spiro atoms. The Morgan fingerprint density at radius 1 is 1.23 bits per heavy atom. The number of carbonyl (C=O) groups excluding carboxylic acids is 1. The number of sulfonamides is 1. The number of thioether (sulfide) groups is 1. The van der Waals surface area contributed by atoms with Crippen LogP contribution in [-0.4, -0.2) is 40.0 Å². The molecule has 22 heavy (non-hydrogen) atoms. The van der Waals surface area contributed by atoms with Gasteiger partial charge in [-0.05, 0) is 37.3 Å². The van der Waals surface area contributed by atoms with Gasteiger partial charge in [0.2, 0.25) is 10.0 Å². The molecule has 0 radical (unpaired) electrons. The first kappa shape index (κ1) is 18.8. The van der Waals surface area contributed by atoms with Crippen molar-refractivity contribution in [1.82, 2.24) is 15.4 Å². The zero-order valence-electron chi connectivity index (χ0n) is 13.0. The molecule has 0 heterocycles. The van der Waals surface area contributed by atoms with Crippen molar-refractivity contribution in [1.29, 1.82) is 0 Å². The van der Waals surface area contributed by atoms with Crippen molar-refractivity contribution in [3.63, 3.8) is 0 Å². The Morgan fingerprint density at radius 2 is 1.86 bits per heavy atom. The van der Waals surface area contributed by atoms with Crippen molar-refractivity contribution >= 4 is 27.8 Å². The van der Waals surface area contributed by atoms with Crippen LogP contribution in [0.5, 0.6) is 0 Å². The summed E-state index contributed by atoms with van der Waals surface area (Å²) in [7, 11) is -3.17. The van der Waals surface area contributed by atoms with Crippen LogP contribution in [0.1, 0.15) is 24.9 Å². The smallest absolute Gasteiger partial charge is 0.315 e. The van der Waals surface area contributed by atoms with E-state index < -0.39 is 10.0 Å². The van der Waals surface area contributed by atoms with Gasteiger partial charge in [-0.3, -0.25) is 0 Å². The number of hydrogen-bond acceptors (Lipinski definition) is 4. The number of rotatable bonds is 8. The highest BCUT2D eigenvalue weighted by molar-refractivity contribution is 7.98. The molecule has 6 nitrogen and oxygen atoms in total. The summed E-state index contributed by atoms with van der Waals surface area (Å²) in [6.45, 7) is 2.64. The Kier molecular flexibility index (Phi) is 7.70. The van der Waals surface area contributed by atoms with Crippen LogP contribution >= 0.6 is 11.8 Å². The highest BCUT2D eigenvalue weighted by atomic mass is 32.2. The van der Waals surface area contributed by atoms with E-state index in [9.17, 15) is 13.2 Å². The lowest BCUT2D eigenvalue weighted by atomic mass is 10.1. The summed E-state index contributed by atoms with van der Waals surface area (Å²) in [6.07, 6.45) is 3.66. The summed E-state index contributed by atoms with van der Waals surface area (Å²) < 4.78 is 24.1. The van der Waals surface area contributed by atoms with Gasteiger partial charge in [-0.2, -0.15) is 0 Å². The maximum atomic E-state index is 11.7. The van der Waals surface area contributed by atoms with Crippen molar-refractivity contribution in [2.45, 2.75) is 24.3 Å². The third-order valence-corrected chi connectivity index (χ3v) is 4.44. The minimum Gasteiger partial charge on any atom is -0.338 e. The van der Waals surface area contributed by atoms with E-state index in [1.54, 1.807) is 11.8 Å². The molecule has 0 aromatic heterocycles. The van der Waals surface area contributed by atoms with E-state index >= 15 is 0 Å². The molecule has 0 aliphatic heterocycles. The van der Waals surface area contributed by atoms with Gasteiger partial charge in [-0.15, -0.1) is 11.8 Å². The molecule has 0 saturated heterocycles. The summed E-state index contributed by atoms with van der Waals surface area (Å²) in [4.78, 5) is 12.9. The lowest BCUT2D eigenvalue weighted by Gasteiger charge is -2.15. The second-order valence-corrected chi connectivity index (χ2v) is 7.63. The molecule has 3 N–H and O–H groups in total. The van der Waals surface area contributed by atoms with Crippen LogP contribution < -0.4 is 15.4 Å². The molecule has 0 bridgehead atoms. The molecule has 124 valence electrons. The van der Waals surface area contributed by atoms with Crippen LogP contribution in [0.4, 0.5) is 4.79 Å². The number of carbonyl (C=O) groups is 1. The third kappa shape index (κ3) is 7.67. The quantitative estimate of drug-likeness (QED) is 0.494. The molecule has 0 aliphatic carbocycles. The number of urea groups is 1. The predicted octanol–water partition coefficient (Wildman–Crippen LogP) is 1.71. The average Bonchev–Trinajstić information content (AvgIpc) is 2.45. The van der Waals surface area contributed by atoms with Gasteiger partial charge in [0.25, 0.3) is 0 Å². The fraction of sp³-hybridized carbons (Fsp3) is 0.500. The van der Waals surface area contributed by atoms with Gasteiger partial charge >= 0.3 is 6.03 Å². The van der Waals surface area contributed by atoms with Crippen LogP contribution in [0.25, 0.3) is 0 Å². The Hall–Kier alpha value is -1.25. The molecular weight excluding hydrogens is 322 g/mol. The first-order valence-electron chi connectivity index (χ1n) is 6.95. The molecule has 1 aromatic rings. The van der Waals surface area contributed by atoms with Gasteiger partial charge in [0.1, 0.15) is 0 Å². The molecule has 0 fully saturated rings. The van der Waals surface area contributed by atoms with Gasteiger partial charge in [-0.1, -0.05) is 12.1 Å². The number of amides is 2. The lowest BCUT2D eigenvalue weighted by molar-refractivity contribution is 0.238. The van der Waals surface area contributed by atoms with Crippen LogP contribution in [0, 0.1) is 0 Å². The van der Waals surface area contributed by atoms with Gasteiger partial charge in [-0.25, -0.2) is 17.9 Å². The zero-order valence-corrected chi connectivity index (χ0v) is 14.7. The highest BCUT2D eigenvalue weighted by Crippen LogP contribution is 2.18. The topological polar surface area (TPSA) is 87.3 Å². The van der Waals surface area contributed by atoms with Crippen molar-refractivity contribution in [3.05, 3.63) is 29.8 Å². The highest BCUT2D eigenvalue weighted by Gasteiger charge is 2.09. The van der Waals surface area contributed by atoms with E-state index in [0.717, 1.165) is 11.8 Å². The fourth-order valence-electron chi connectivity index (χ4n) is 1.77. The first-order valence-corrected chi connectivity index (χ1v) is 10.1. The SMILES string of the molecule is CSc1ccc(C(C)NC(=O)NCCCNS(C)(=O)=O)cc1. The maximum Gasteiger partial charge on any atom is 0.315 e. The lowest BCUT2D eigenvalue weighted by Crippen LogP contribution is -2.38. The van der Waals surface area contributed by atoms with Crippen molar-refractivity contribution < 1.29 is 13.2 Å². The van der Waals surface area contributed by atoms with E-state index in [1.807, 2.05) is 37.4 Å². The van der Waals surface area contributed by atoms with Gasteiger partial charge < -0.3 is 10.6 Å². The number of hydrogen-bond donors (Lipinski definition) is 3. The minimum absolute atomic E-state index is 0.0925. The number of benzene rings is 1. The van der Waals surface area contributed by atoms with Crippen LogP contribution in [0.15, 0.2) is 29.2 Å². The summed E-state index contributed by atoms with van der Waals surface area (Å²) in [5, 5.41) is 5.55. The van der Waals surface area contributed by atoms with Crippen molar-refractivity contribution in [2.24, 2.45) is 0 Å². The largest absolute Gasteiger partial charge is 0.338 e. The first-order chi connectivity index (χ1) is 10.3. The van der Waals surface area contributed by atoms with Gasteiger partial charge in [0.15, 0.2) is 0 Å². The molecule has 0 saturated carbocycles. The molecule has 1 atom stereocenters. The zero-order chi connectivity index (χ0) is 16.6. The Balaban J connectivity index is 2.28. The standard InChI is InChI=1S/C14H23N3O3S2/c1-11(12-5-7-13(21-2)8-6-12)17-14(18)15-9-4-10-16-22(3,19)20/h5-8,11,16H,4,9-10H2,1-3H3,(H2,15,17,18). The summed E-state index contributed by atoms with van der Waals surface area (Å²) in [6, 6.07) is 7.67. The molecule has 0 aliphatic rings. The Morgan fingerprint density at radius 3 is 2.41 bits per heavy atom. The van der Waals surface area contributed by atoms with E-state index in [0.29, 0.717) is 19.5 Å². The summed E-state index contributed by atoms with van der Waals surface area (Å²) in [5.74, 6) is 0. The third-order valence-electron chi connectivity index (χ3n) is 2.97. The number of nitrogens with one attached hydrogen (secondary N) is 3. The van der Waals surface area contributed by atoms with Crippen LogP contribution in [0.3, 0.4) is 0 Å². The van der Waals surface area contributed by atoms with Crippen LogP contribution in [0.2, 0.25) is 0 Å². The van der Waals surface area contributed by atoms with E-state index in [-0.39, 0.29) is 12.1 Å². The van der Waals surface area contributed by atoms with E-state index in [2.05, 4.69) is 15.4 Å². The van der Waals surface area contributed by atoms with Crippen molar-refractivity contribution in [3.8, 4) is 0 Å². The fourth-order valence-corrected chi connectivity index (χ4v) is 2.69. The average molecular weight is 345 g/mol. The summed E-state index contributed by atoms with van der Waals surface area (Å²) >= 11 is 1.67. The van der Waals surface area contributed by atoms with E-state index in [1.165, 1.54) is 4.90 Å². The molecule has 1 rings (SSSR count). The monoisotopic (exact) mass is 345 g/mol. The maximum absolute atomic E-state index is 11.7. The molecule has 1 aromatic carbocycles. The minimum atomic E-state index is -3.17. The predicted molar refractivity (Wildman–Crippen MR) is 90.6 cm³/mol. The second-order valence-electron chi connectivity index (χ2n) is 4.92. The Labute approximate surface area is 136 Å². The summed E-state index contributed by atoms with van der Waals surface area (Å²) in [5.41, 5.74) is 1.03. The molecule has 2 amide bonds. The van der Waals surface area contributed by atoms with Gasteiger partial charge in [0.05, 0.1) is 12.3 Å². The molecular formula is C14H23N3O3S2. The van der Waals surface area contributed by atoms with Crippen LogP contribution in [-0.2, 0) is 10.0 Å². The normalized spacial score (nSPS) is 12.7. The Bertz CT molecular complexity index is 574.